The first-order valence-corrected chi connectivity index (χ1v) is 11.4. The monoisotopic (exact) mass is 463 g/mol. The number of rotatable bonds is 5. The Bertz CT molecular complexity index is 1350. The van der Waals surface area contributed by atoms with Gasteiger partial charge in [-0.05, 0) is 41.0 Å². The second-order valence-electron chi connectivity index (χ2n) is 8.53. The third-order valence-corrected chi connectivity index (χ3v) is 6.15. The number of nitrogens with zero attached hydrogens (tertiary/aromatic N) is 1. The molecule has 35 heavy (non-hydrogen) atoms. The van der Waals surface area contributed by atoms with Gasteiger partial charge < -0.3 is 20.7 Å². The van der Waals surface area contributed by atoms with E-state index in [-0.39, 0.29) is 5.91 Å². The lowest BCUT2D eigenvalue weighted by Gasteiger charge is -2.21. The summed E-state index contributed by atoms with van der Waals surface area (Å²) >= 11 is 0. The Hall–Kier alpha value is -4.58. The molecule has 0 heterocycles. The van der Waals surface area contributed by atoms with Gasteiger partial charge in [0.1, 0.15) is 0 Å². The highest BCUT2D eigenvalue weighted by Crippen LogP contribution is 2.45. The van der Waals surface area contributed by atoms with E-state index in [9.17, 15) is 9.59 Å². The zero-order valence-corrected chi connectivity index (χ0v) is 19.3. The molecule has 0 unspecified atom stereocenters. The van der Waals surface area contributed by atoms with Gasteiger partial charge in [-0.2, -0.15) is 0 Å². The maximum Gasteiger partial charge on any atom is 0.410 e. The zero-order chi connectivity index (χ0) is 24.4. The average Bonchev–Trinajstić information content (AvgIpc) is 3.19. The van der Waals surface area contributed by atoms with E-state index in [0.29, 0.717) is 23.5 Å². The molecule has 6 nitrogen and oxygen atoms in total. The third-order valence-electron chi connectivity index (χ3n) is 6.15. The summed E-state index contributed by atoms with van der Waals surface area (Å²) in [5.74, 6) is -0.249. The van der Waals surface area contributed by atoms with Gasteiger partial charge in [0.25, 0.3) is 5.91 Å². The Balaban J connectivity index is 1.24. The van der Waals surface area contributed by atoms with Crippen LogP contribution in [-0.2, 0) is 11.3 Å². The van der Waals surface area contributed by atoms with Gasteiger partial charge in [0, 0.05) is 30.3 Å². The first-order chi connectivity index (χ1) is 17.0. The van der Waals surface area contributed by atoms with Crippen molar-refractivity contribution in [3.8, 4) is 11.1 Å². The number of fused-ring (bicyclic) bond motifs is 3. The summed E-state index contributed by atoms with van der Waals surface area (Å²) in [4.78, 5) is 27.0. The number of ether oxygens (including phenoxy) is 1. The van der Waals surface area contributed by atoms with Crippen LogP contribution < -0.4 is 11.1 Å². The van der Waals surface area contributed by atoms with Crippen molar-refractivity contribution in [1.29, 1.82) is 0 Å². The van der Waals surface area contributed by atoms with Crippen LogP contribution in [0.2, 0.25) is 0 Å². The number of para-hydroxylation sites is 2. The molecule has 0 spiro atoms. The third kappa shape index (κ3) is 4.46. The highest BCUT2D eigenvalue weighted by molar-refractivity contribution is 6.05. The van der Waals surface area contributed by atoms with E-state index in [0.717, 1.165) is 27.8 Å². The molecule has 4 aromatic rings. The summed E-state index contributed by atoms with van der Waals surface area (Å²) in [5.41, 5.74) is 12.5. The van der Waals surface area contributed by atoms with E-state index in [1.807, 2.05) is 60.7 Å². The van der Waals surface area contributed by atoms with Gasteiger partial charge in [-0.15, -0.1) is 0 Å². The molecular formula is C29H25N3O3. The minimum Gasteiger partial charge on any atom is -0.436 e. The maximum absolute atomic E-state index is 13.0. The van der Waals surface area contributed by atoms with Crippen molar-refractivity contribution < 1.29 is 14.3 Å². The molecule has 6 heteroatoms. The lowest BCUT2D eigenvalue weighted by molar-refractivity contribution is 0.0843. The summed E-state index contributed by atoms with van der Waals surface area (Å²) in [7, 11) is 1.70. The van der Waals surface area contributed by atoms with Gasteiger partial charge >= 0.3 is 6.09 Å². The van der Waals surface area contributed by atoms with Crippen molar-refractivity contribution in [2.75, 3.05) is 18.1 Å². The summed E-state index contributed by atoms with van der Waals surface area (Å²) < 4.78 is 5.95. The topological polar surface area (TPSA) is 84.7 Å². The van der Waals surface area contributed by atoms with Gasteiger partial charge in [0.15, 0.2) is 6.10 Å². The largest absolute Gasteiger partial charge is 0.436 e. The van der Waals surface area contributed by atoms with Crippen LogP contribution in [0.1, 0.15) is 33.2 Å². The van der Waals surface area contributed by atoms with Crippen molar-refractivity contribution in [1.82, 2.24) is 4.90 Å². The molecule has 0 atom stereocenters. The number of carbonyl (C=O) groups is 2. The Morgan fingerprint density at radius 1 is 0.829 bits per heavy atom. The summed E-state index contributed by atoms with van der Waals surface area (Å²) in [6.07, 6.45) is -0.850. The van der Waals surface area contributed by atoms with Gasteiger partial charge in [-0.25, -0.2) is 4.79 Å². The molecule has 0 bridgehead atoms. The predicted molar refractivity (Wildman–Crippen MR) is 137 cm³/mol. The Kier molecular flexibility index (Phi) is 5.94. The van der Waals surface area contributed by atoms with E-state index in [1.165, 1.54) is 4.90 Å². The van der Waals surface area contributed by atoms with E-state index < -0.39 is 12.2 Å². The second-order valence-corrected chi connectivity index (χ2v) is 8.53. The molecule has 0 saturated heterocycles. The lowest BCUT2D eigenvalue weighted by atomic mass is 10.1. The normalized spacial score (nSPS) is 11.9. The Morgan fingerprint density at radius 2 is 1.40 bits per heavy atom. The maximum atomic E-state index is 13.0. The fourth-order valence-corrected chi connectivity index (χ4v) is 4.33. The smallest absolute Gasteiger partial charge is 0.410 e. The standard InChI is InChI=1S/C29H25N3O3/c1-32(18-19-14-16-20(17-15-19)28(33)31-26-13-7-6-12-25(26)30)29(34)35-27-23-10-4-2-8-21(23)22-9-3-5-11-24(22)27/h2-17,27H,18,30H2,1H3,(H,31,33). The first kappa shape index (κ1) is 22.2. The van der Waals surface area contributed by atoms with Crippen LogP contribution >= 0.6 is 0 Å². The summed E-state index contributed by atoms with van der Waals surface area (Å²) in [6.45, 7) is 0.350. The van der Waals surface area contributed by atoms with E-state index in [2.05, 4.69) is 17.4 Å². The van der Waals surface area contributed by atoms with Crippen molar-refractivity contribution >= 4 is 23.4 Å². The summed E-state index contributed by atoms with van der Waals surface area (Å²) in [6, 6.07) is 30.2. The minimum absolute atomic E-state index is 0.249. The number of nitrogens with one attached hydrogen (secondary N) is 1. The number of benzene rings is 4. The number of nitrogens with two attached hydrogens (primary N) is 1. The first-order valence-electron chi connectivity index (χ1n) is 11.4. The van der Waals surface area contributed by atoms with Crippen LogP contribution in [0.3, 0.4) is 0 Å². The van der Waals surface area contributed by atoms with E-state index >= 15 is 0 Å². The highest BCUT2D eigenvalue weighted by atomic mass is 16.6. The fraction of sp³-hybridized carbons (Fsp3) is 0.103. The molecule has 0 radical (unpaired) electrons. The highest BCUT2D eigenvalue weighted by Gasteiger charge is 2.31. The van der Waals surface area contributed by atoms with Crippen LogP contribution in [0.15, 0.2) is 97.1 Å². The molecule has 3 N–H and O–H groups in total. The number of amides is 2. The van der Waals surface area contributed by atoms with Crippen molar-refractivity contribution in [2.24, 2.45) is 0 Å². The van der Waals surface area contributed by atoms with Crippen LogP contribution in [-0.4, -0.2) is 23.9 Å². The van der Waals surface area contributed by atoms with Gasteiger partial charge in [0.2, 0.25) is 0 Å². The number of hydrogen-bond acceptors (Lipinski definition) is 4. The number of anilines is 2. The van der Waals surface area contributed by atoms with E-state index in [1.54, 1.807) is 31.3 Å². The van der Waals surface area contributed by atoms with Crippen LogP contribution in [0, 0.1) is 0 Å². The molecule has 0 aromatic heterocycles. The van der Waals surface area contributed by atoms with Crippen LogP contribution in [0.5, 0.6) is 0 Å². The molecule has 4 aromatic carbocycles. The molecule has 0 aliphatic heterocycles. The molecule has 2 amide bonds. The minimum atomic E-state index is -0.436. The van der Waals surface area contributed by atoms with Gasteiger partial charge in [0.05, 0.1) is 11.4 Å². The quantitative estimate of drug-likeness (QED) is 0.363. The molecule has 1 aliphatic carbocycles. The number of hydrogen-bond donors (Lipinski definition) is 2. The molecule has 5 rings (SSSR count). The predicted octanol–water partition coefficient (Wildman–Crippen LogP) is 5.86. The molecule has 174 valence electrons. The lowest BCUT2D eigenvalue weighted by Crippen LogP contribution is -2.28. The molecule has 1 aliphatic rings. The van der Waals surface area contributed by atoms with Crippen LogP contribution in [0.4, 0.5) is 16.2 Å². The van der Waals surface area contributed by atoms with E-state index in [4.69, 9.17) is 10.5 Å². The summed E-state index contributed by atoms with van der Waals surface area (Å²) in [5, 5.41) is 2.81. The fourth-order valence-electron chi connectivity index (χ4n) is 4.33. The second kappa shape index (κ2) is 9.35. The zero-order valence-electron chi connectivity index (χ0n) is 19.3. The molecular weight excluding hydrogens is 438 g/mol. The Morgan fingerprint density at radius 3 is 2.03 bits per heavy atom. The molecule has 0 fully saturated rings. The van der Waals surface area contributed by atoms with Crippen molar-refractivity contribution in [3.63, 3.8) is 0 Å². The van der Waals surface area contributed by atoms with Crippen molar-refractivity contribution in [2.45, 2.75) is 12.6 Å². The Labute approximate surface area is 204 Å². The van der Waals surface area contributed by atoms with Gasteiger partial charge in [-0.1, -0.05) is 72.8 Å². The molecule has 0 saturated carbocycles. The van der Waals surface area contributed by atoms with Crippen LogP contribution in [0.25, 0.3) is 11.1 Å². The number of nitrogen functional groups attached to an aromatic ring is 1. The number of carbonyl (C=O) groups excluding carboxylic acids is 2. The average molecular weight is 464 g/mol. The SMILES string of the molecule is CN(Cc1ccc(C(=O)Nc2ccccc2N)cc1)C(=O)OC1c2ccccc2-c2ccccc21. The van der Waals surface area contributed by atoms with Crippen molar-refractivity contribution in [3.05, 3.63) is 119 Å². The van der Waals surface area contributed by atoms with Gasteiger partial charge in [-0.3, -0.25) is 4.79 Å².